The number of hydrazine groups is 1. The minimum absolute atomic E-state index is 0.0738. The maximum absolute atomic E-state index is 13.6. The Morgan fingerprint density at radius 2 is 2.21 bits per heavy atom. The maximum Gasteiger partial charge on any atom is 0.265 e. The molecule has 0 saturated carbocycles. The zero-order valence-electron chi connectivity index (χ0n) is 17.7. The fourth-order valence-corrected chi connectivity index (χ4v) is 3.78. The summed E-state index contributed by atoms with van der Waals surface area (Å²) in [5.74, 6) is 0.424. The van der Waals surface area contributed by atoms with Gasteiger partial charge in [0.05, 0.1) is 6.04 Å². The number of allylic oxidation sites excluding steroid dienone is 4. The van der Waals surface area contributed by atoms with Gasteiger partial charge in [0.2, 0.25) is 0 Å². The molecule has 0 saturated heterocycles. The molecule has 0 radical (unpaired) electrons. The summed E-state index contributed by atoms with van der Waals surface area (Å²) < 4.78 is 18.4. The molecule has 0 aromatic carbocycles. The number of ether oxygens (including phenoxy) is 1. The summed E-state index contributed by atoms with van der Waals surface area (Å²) in [6.45, 7) is 6.17. The first-order valence-electron chi connectivity index (χ1n) is 10.1. The summed E-state index contributed by atoms with van der Waals surface area (Å²) in [5, 5.41) is 3.05. The Morgan fingerprint density at radius 1 is 1.45 bits per heavy atom. The maximum atomic E-state index is 13.6. The third-order valence-corrected chi connectivity index (χ3v) is 5.50. The van der Waals surface area contributed by atoms with E-state index in [1.165, 1.54) is 7.11 Å². The molecule has 2 aliphatic rings. The molecule has 29 heavy (non-hydrogen) atoms. The van der Waals surface area contributed by atoms with Gasteiger partial charge < -0.3 is 10.5 Å². The number of methoxy groups -OCH3 is 1. The molecular formula is C21H34FN5O2. The average Bonchev–Trinajstić information content (AvgIpc) is 3.18. The van der Waals surface area contributed by atoms with Gasteiger partial charge in [0.25, 0.3) is 5.91 Å². The molecule has 6 unspecified atom stereocenters. The predicted octanol–water partition coefficient (Wildman–Crippen LogP) is 1.95. The summed E-state index contributed by atoms with van der Waals surface area (Å²) >= 11 is 0. The number of aliphatic imine (C=N–C) groups is 1. The van der Waals surface area contributed by atoms with Crippen molar-refractivity contribution < 1.29 is 13.9 Å². The number of halogens is 1. The molecule has 2 rings (SSSR count). The lowest BCUT2D eigenvalue weighted by molar-refractivity contribution is -0.124. The summed E-state index contributed by atoms with van der Waals surface area (Å²) in [4.78, 5) is 16.6. The lowest BCUT2D eigenvalue weighted by atomic mass is 9.77. The van der Waals surface area contributed by atoms with Crippen LogP contribution in [-0.4, -0.2) is 44.2 Å². The van der Waals surface area contributed by atoms with Gasteiger partial charge in [0, 0.05) is 19.1 Å². The molecule has 6 atom stereocenters. The molecule has 0 fully saturated rings. The van der Waals surface area contributed by atoms with E-state index >= 15 is 0 Å². The first kappa shape index (κ1) is 23.4. The summed E-state index contributed by atoms with van der Waals surface area (Å²) in [6, 6.07) is 0.0901. The second-order valence-corrected chi connectivity index (χ2v) is 7.85. The normalized spacial score (nSPS) is 27.4. The quantitative estimate of drug-likeness (QED) is 0.192. The van der Waals surface area contributed by atoms with Gasteiger partial charge in [-0.1, -0.05) is 25.2 Å². The third-order valence-electron chi connectivity index (χ3n) is 5.50. The highest BCUT2D eigenvalue weighted by Crippen LogP contribution is 2.37. The van der Waals surface area contributed by atoms with Crippen molar-refractivity contribution >= 4 is 12.1 Å². The molecule has 7 nitrogen and oxygen atoms in total. The van der Waals surface area contributed by atoms with Gasteiger partial charge in [-0.05, 0) is 56.4 Å². The van der Waals surface area contributed by atoms with Crippen LogP contribution in [0.15, 0.2) is 40.7 Å². The Balaban J connectivity index is 1.85. The number of nitrogens with zero attached hydrogens (tertiary/aromatic N) is 1. The van der Waals surface area contributed by atoms with Crippen LogP contribution >= 0.6 is 0 Å². The molecule has 8 heteroatoms. The van der Waals surface area contributed by atoms with E-state index in [2.05, 4.69) is 29.2 Å². The van der Waals surface area contributed by atoms with Crippen LogP contribution < -0.4 is 21.9 Å². The topological polar surface area (TPSA) is 101 Å². The highest BCUT2D eigenvalue weighted by atomic mass is 19.1. The Kier molecular flexibility index (Phi) is 9.16. The zero-order valence-corrected chi connectivity index (χ0v) is 17.7. The third kappa shape index (κ3) is 6.85. The SMILES string of the molecule is COCNNC(=O)C(N)NC(C)C=CC(C)C1CC=NC1C1C=CC(F)=C(C)C1. The molecule has 0 spiro atoms. The van der Waals surface area contributed by atoms with Crippen molar-refractivity contribution in [1.29, 1.82) is 0 Å². The Bertz CT molecular complexity index is 676. The van der Waals surface area contributed by atoms with Crippen LogP contribution in [0.2, 0.25) is 0 Å². The highest BCUT2D eigenvalue weighted by Gasteiger charge is 2.34. The first-order valence-corrected chi connectivity index (χ1v) is 10.1. The van der Waals surface area contributed by atoms with Crippen LogP contribution in [0, 0.1) is 17.8 Å². The van der Waals surface area contributed by atoms with E-state index in [9.17, 15) is 9.18 Å². The van der Waals surface area contributed by atoms with E-state index in [-0.39, 0.29) is 36.5 Å². The van der Waals surface area contributed by atoms with Gasteiger partial charge in [0.15, 0.2) is 0 Å². The predicted molar refractivity (Wildman–Crippen MR) is 113 cm³/mol. The lowest BCUT2D eigenvalue weighted by Crippen LogP contribution is -2.55. The van der Waals surface area contributed by atoms with Crippen molar-refractivity contribution in [1.82, 2.24) is 16.2 Å². The summed E-state index contributed by atoms with van der Waals surface area (Å²) in [5.41, 5.74) is 11.8. The van der Waals surface area contributed by atoms with Gasteiger partial charge in [0.1, 0.15) is 18.7 Å². The number of rotatable bonds is 10. The molecule has 0 aromatic rings. The molecule has 1 heterocycles. The van der Waals surface area contributed by atoms with Gasteiger partial charge >= 0.3 is 0 Å². The number of nitrogens with one attached hydrogen (secondary N) is 3. The van der Waals surface area contributed by atoms with E-state index in [4.69, 9.17) is 15.5 Å². The van der Waals surface area contributed by atoms with E-state index in [1.54, 1.807) is 6.08 Å². The van der Waals surface area contributed by atoms with Crippen LogP contribution in [-0.2, 0) is 9.53 Å². The van der Waals surface area contributed by atoms with Crippen molar-refractivity contribution in [3.8, 4) is 0 Å². The van der Waals surface area contributed by atoms with Crippen LogP contribution in [0.25, 0.3) is 0 Å². The molecule has 1 aliphatic heterocycles. The van der Waals surface area contributed by atoms with Gasteiger partial charge in [-0.25, -0.2) is 9.82 Å². The fraction of sp³-hybridized carbons (Fsp3) is 0.619. The van der Waals surface area contributed by atoms with Crippen molar-refractivity contribution in [3.05, 3.63) is 35.7 Å². The Labute approximate surface area is 172 Å². The van der Waals surface area contributed by atoms with E-state index in [1.807, 2.05) is 32.2 Å². The van der Waals surface area contributed by atoms with Gasteiger partial charge in [-0.15, -0.1) is 0 Å². The van der Waals surface area contributed by atoms with Crippen LogP contribution in [0.4, 0.5) is 4.39 Å². The monoisotopic (exact) mass is 407 g/mol. The molecule has 1 aliphatic carbocycles. The number of hydrogen-bond acceptors (Lipinski definition) is 6. The first-order chi connectivity index (χ1) is 13.8. The Morgan fingerprint density at radius 3 is 2.90 bits per heavy atom. The van der Waals surface area contributed by atoms with Crippen LogP contribution in [0.1, 0.15) is 33.6 Å². The molecule has 0 bridgehead atoms. The summed E-state index contributed by atoms with van der Waals surface area (Å²) in [6.07, 6.45) is 10.5. The number of nitrogens with two attached hydrogens (primary N) is 1. The fourth-order valence-electron chi connectivity index (χ4n) is 3.78. The average molecular weight is 408 g/mol. The minimum atomic E-state index is -0.839. The van der Waals surface area contributed by atoms with E-state index < -0.39 is 6.17 Å². The van der Waals surface area contributed by atoms with Crippen LogP contribution in [0.3, 0.4) is 0 Å². The summed E-state index contributed by atoms with van der Waals surface area (Å²) in [7, 11) is 1.52. The van der Waals surface area contributed by atoms with Gasteiger partial charge in [-0.3, -0.25) is 20.5 Å². The van der Waals surface area contributed by atoms with Crippen molar-refractivity contribution in [2.24, 2.45) is 28.5 Å². The standard InChI is InChI=1S/C21H34FN5O2/c1-13(5-6-15(3)26-20(23)21(28)27-25-12-29-4)17-9-10-24-19(17)16-7-8-18(22)14(2)11-16/h5-8,10,13,15-17,19-20,25-26H,9,11-12,23H2,1-4H3,(H,27,28). The zero-order chi connectivity index (χ0) is 21.4. The molecule has 162 valence electrons. The molecule has 1 amide bonds. The minimum Gasteiger partial charge on any atom is -0.368 e. The number of hydrogen-bond donors (Lipinski definition) is 4. The van der Waals surface area contributed by atoms with Crippen molar-refractivity contribution in [2.75, 3.05) is 13.8 Å². The van der Waals surface area contributed by atoms with Crippen molar-refractivity contribution in [3.63, 3.8) is 0 Å². The molecule has 5 N–H and O–H groups in total. The molecule has 0 aromatic heterocycles. The molecular weight excluding hydrogens is 373 g/mol. The number of carbonyl (C=O) groups is 1. The van der Waals surface area contributed by atoms with E-state index in [0.29, 0.717) is 11.8 Å². The number of amides is 1. The highest BCUT2D eigenvalue weighted by molar-refractivity contribution is 5.80. The van der Waals surface area contributed by atoms with E-state index in [0.717, 1.165) is 18.4 Å². The Hall–Kier alpha value is -1.87. The lowest BCUT2D eigenvalue weighted by Gasteiger charge is -2.30. The second-order valence-electron chi connectivity index (χ2n) is 7.85. The smallest absolute Gasteiger partial charge is 0.265 e. The van der Waals surface area contributed by atoms with Gasteiger partial charge in [-0.2, -0.15) is 0 Å². The van der Waals surface area contributed by atoms with Crippen molar-refractivity contribution in [2.45, 2.75) is 51.9 Å². The number of carbonyl (C=O) groups excluding carboxylic acids is 1. The second kappa shape index (κ2) is 11.3. The largest absolute Gasteiger partial charge is 0.368 e. The van der Waals surface area contributed by atoms with Crippen LogP contribution in [0.5, 0.6) is 0 Å².